The third-order valence-electron chi connectivity index (χ3n) is 12.8. The SMILES string of the molecule is Cc1cc(C)c(S(=O)(=O)N[C@@H](CNC(=O)c2cn(CCCNC(=O)CN3CCN(CC(=O)OC(C)(C)C)CCN(CC(=O)OC(C)(C)C)CCN(CC(=O)OC(C)(C)C)CC3)c3cc(CNc4ncc[nH]4)ccc3c2=O)C(=O)O)c(C)c1. The molecule has 1 fully saturated rings. The van der Waals surface area contributed by atoms with Crippen LogP contribution in [0.15, 0.2) is 58.6 Å². The number of carboxylic acid groups (broad SMARTS) is 1. The number of carboxylic acids is 1. The first-order valence-electron chi connectivity index (χ1n) is 27.6. The highest BCUT2D eigenvalue weighted by molar-refractivity contribution is 7.89. The summed E-state index contributed by atoms with van der Waals surface area (Å²) >= 11 is 0. The van der Waals surface area contributed by atoms with E-state index < -0.39 is 74.6 Å². The molecule has 0 radical (unpaired) electrons. The lowest BCUT2D eigenvalue weighted by molar-refractivity contribution is -0.158. The van der Waals surface area contributed by atoms with Crippen molar-refractivity contribution in [2.45, 2.75) is 130 Å². The molecule has 2 aromatic carbocycles. The van der Waals surface area contributed by atoms with Gasteiger partial charge in [-0.05, 0) is 118 Å². The van der Waals surface area contributed by atoms with Crippen molar-refractivity contribution < 1.29 is 56.5 Å². The Morgan fingerprint density at radius 3 is 1.65 bits per heavy atom. The number of nitrogens with zero attached hydrogens (tertiary/aromatic N) is 6. The molecular formula is C57H85N11O13S. The quantitative estimate of drug-likeness (QED) is 0.0374. The van der Waals surface area contributed by atoms with Crippen molar-refractivity contribution in [2.75, 3.05) is 96.9 Å². The molecule has 452 valence electrons. The van der Waals surface area contributed by atoms with Crippen LogP contribution < -0.4 is 26.1 Å². The highest BCUT2D eigenvalue weighted by atomic mass is 32.2. The number of carbonyl (C=O) groups is 6. The number of sulfonamides is 1. The minimum atomic E-state index is -4.37. The standard InChI is InChI=1S/C57H85N11O13S/c1-38-28-39(2)51(40(3)29-38)82(77,78)63-44(53(75)76)32-61-52(74)43-33-68(45-30-41(14-15-42(45)50(43)73)31-62-54-59-17-18-60-54)19-13-16-58-46(69)34-64-20-22-65(35-47(70)79-55(4,5)6)24-26-67(37-49(72)81-57(10,11)12)27-25-66(23-21-64)36-48(71)80-56(7,8)9/h14-15,17-18,28-30,33,44,63H,13,16,19-27,31-32,34-37H2,1-12H3,(H,58,69)(H,61,74)(H,75,76)(H2,59,60,62)/t44-/m0/s1. The average Bonchev–Trinajstić information content (AvgIpc) is 4.01. The Morgan fingerprint density at radius 1 is 0.707 bits per heavy atom. The Morgan fingerprint density at radius 2 is 1.20 bits per heavy atom. The summed E-state index contributed by atoms with van der Waals surface area (Å²) in [4.78, 5) is 109. The van der Waals surface area contributed by atoms with Crippen LogP contribution in [0.5, 0.6) is 0 Å². The summed E-state index contributed by atoms with van der Waals surface area (Å²) in [7, 11) is -4.37. The van der Waals surface area contributed by atoms with E-state index in [0.29, 0.717) is 87.9 Å². The summed E-state index contributed by atoms with van der Waals surface area (Å²) in [6.45, 7) is 24.0. The van der Waals surface area contributed by atoms with Gasteiger partial charge in [0, 0.05) is 103 Å². The first-order valence-corrected chi connectivity index (χ1v) is 29.0. The van der Waals surface area contributed by atoms with Crippen LogP contribution >= 0.6 is 0 Å². The molecule has 24 nitrogen and oxygen atoms in total. The molecule has 0 bridgehead atoms. The number of hydrogen-bond donors (Lipinski definition) is 6. The van der Waals surface area contributed by atoms with E-state index in [1.54, 1.807) is 123 Å². The second-order valence-corrected chi connectivity index (χ2v) is 25.4. The van der Waals surface area contributed by atoms with Crippen LogP contribution in [0.3, 0.4) is 0 Å². The minimum absolute atomic E-state index is 0.0115. The fourth-order valence-corrected chi connectivity index (χ4v) is 11.0. The summed E-state index contributed by atoms with van der Waals surface area (Å²) in [5, 5.41) is 18.9. The molecule has 2 amide bonds. The Bertz CT molecular complexity index is 2980. The summed E-state index contributed by atoms with van der Waals surface area (Å²) in [6.07, 6.45) is 4.96. The van der Waals surface area contributed by atoms with Crippen molar-refractivity contribution in [3.05, 3.63) is 87.0 Å². The van der Waals surface area contributed by atoms with Crippen molar-refractivity contribution in [2.24, 2.45) is 0 Å². The van der Waals surface area contributed by atoms with Crippen LogP contribution in [0.25, 0.3) is 10.9 Å². The molecule has 82 heavy (non-hydrogen) atoms. The average molecular weight is 1160 g/mol. The number of imidazole rings is 1. The number of fused-ring (bicyclic) bond motifs is 1. The van der Waals surface area contributed by atoms with Gasteiger partial charge in [-0.15, -0.1) is 0 Å². The predicted octanol–water partition coefficient (Wildman–Crippen LogP) is 3.18. The van der Waals surface area contributed by atoms with E-state index >= 15 is 0 Å². The number of carbonyl (C=O) groups excluding carboxylic acids is 5. The van der Waals surface area contributed by atoms with Gasteiger partial charge in [0.2, 0.25) is 21.4 Å². The molecule has 4 aromatic rings. The maximum Gasteiger partial charge on any atom is 0.323 e. The molecule has 1 saturated heterocycles. The third kappa shape index (κ3) is 21.9. The van der Waals surface area contributed by atoms with Gasteiger partial charge in [-0.3, -0.25) is 53.2 Å². The van der Waals surface area contributed by atoms with Gasteiger partial charge >= 0.3 is 23.9 Å². The summed E-state index contributed by atoms with van der Waals surface area (Å²) in [5.41, 5.74) is -0.190. The Balaban J connectivity index is 1.34. The number of aromatic amines is 1. The van der Waals surface area contributed by atoms with Gasteiger partial charge in [0.15, 0.2) is 5.95 Å². The Hall–Kier alpha value is -6.77. The molecule has 1 aliphatic rings. The van der Waals surface area contributed by atoms with E-state index in [0.717, 1.165) is 11.1 Å². The Labute approximate surface area is 481 Å². The van der Waals surface area contributed by atoms with Gasteiger partial charge in [-0.25, -0.2) is 13.4 Å². The molecule has 0 spiro atoms. The number of rotatable bonds is 22. The zero-order chi connectivity index (χ0) is 60.7. The fourth-order valence-electron chi connectivity index (χ4n) is 9.36. The van der Waals surface area contributed by atoms with Crippen LogP contribution in [-0.4, -0.2) is 198 Å². The second kappa shape index (κ2) is 29.0. The first kappa shape index (κ1) is 66.0. The van der Waals surface area contributed by atoms with Crippen LogP contribution in [-0.2, 0) is 61.3 Å². The number of esters is 3. The largest absolute Gasteiger partial charge is 0.480 e. The third-order valence-corrected chi connectivity index (χ3v) is 14.6. The molecule has 25 heteroatoms. The molecule has 5 rings (SSSR count). The molecule has 0 unspecified atom stereocenters. The van der Waals surface area contributed by atoms with Gasteiger partial charge in [0.1, 0.15) is 28.4 Å². The van der Waals surface area contributed by atoms with Crippen molar-refractivity contribution >= 4 is 62.6 Å². The monoisotopic (exact) mass is 1160 g/mol. The number of nitrogens with one attached hydrogen (secondary N) is 5. The smallest absolute Gasteiger partial charge is 0.323 e. The van der Waals surface area contributed by atoms with E-state index in [1.165, 1.54) is 6.20 Å². The number of benzene rings is 2. The number of pyridine rings is 1. The lowest BCUT2D eigenvalue weighted by Crippen LogP contribution is -2.50. The fraction of sp³-hybridized carbons (Fsp3) is 0.579. The highest BCUT2D eigenvalue weighted by Gasteiger charge is 2.30. The number of aromatic nitrogens is 3. The van der Waals surface area contributed by atoms with Crippen molar-refractivity contribution in [3.8, 4) is 0 Å². The lowest BCUT2D eigenvalue weighted by atomic mass is 10.1. The van der Waals surface area contributed by atoms with E-state index in [1.807, 2.05) is 26.5 Å². The Kier molecular flexibility index (Phi) is 23.3. The van der Waals surface area contributed by atoms with Gasteiger partial charge in [0.05, 0.1) is 36.6 Å². The molecule has 3 heterocycles. The number of ether oxygens (including phenoxy) is 3. The summed E-state index contributed by atoms with van der Waals surface area (Å²) in [6, 6.07) is 6.66. The molecular weight excluding hydrogens is 1080 g/mol. The molecule has 6 N–H and O–H groups in total. The second-order valence-electron chi connectivity index (χ2n) is 23.7. The van der Waals surface area contributed by atoms with Crippen LogP contribution in [0, 0.1) is 20.8 Å². The first-order chi connectivity index (χ1) is 38.2. The molecule has 1 aliphatic heterocycles. The van der Waals surface area contributed by atoms with E-state index in [4.69, 9.17) is 14.2 Å². The molecule has 0 saturated carbocycles. The van der Waals surface area contributed by atoms with E-state index in [-0.39, 0.29) is 61.0 Å². The van der Waals surface area contributed by atoms with Gasteiger partial charge < -0.3 is 44.8 Å². The lowest BCUT2D eigenvalue weighted by Gasteiger charge is -2.34. The van der Waals surface area contributed by atoms with Crippen LogP contribution in [0.4, 0.5) is 5.95 Å². The number of anilines is 1. The topological polar surface area (TPSA) is 296 Å². The van der Waals surface area contributed by atoms with Crippen molar-refractivity contribution in [1.29, 1.82) is 0 Å². The van der Waals surface area contributed by atoms with E-state index in [9.17, 15) is 47.1 Å². The van der Waals surface area contributed by atoms with Gasteiger partial charge in [-0.2, -0.15) is 4.72 Å². The van der Waals surface area contributed by atoms with Crippen molar-refractivity contribution in [1.82, 2.24) is 49.5 Å². The van der Waals surface area contributed by atoms with Crippen LogP contribution in [0.1, 0.15) is 101 Å². The number of hydrogen-bond acceptors (Lipinski definition) is 18. The number of aliphatic carboxylic acids is 1. The molecule has 2 aromatic heterocycles. The van der Waals surface area contributed by atoms with E-state index in [2.05, 4.69) is 30.6 Å². The number of amides is 2. The molecule has 1 atom stereocenters. The zero-order valence-electron chi connectivity index (χ0n) is 49.7. The summed E-state index contributed by atoms with van der Waals surface area (Å²) < 4.78 is 48.0. The summed E-state index contributed by atoms with van der Waals surface area (Å²) in [5.74, 6) is -3.51. The number of aryl methyl sites for hydroxylation is 4. The maximum absolute atomic E-state index is 14.1. The maximum atomic E-state index is 14.1. The van der Waals surface area contributed by atoms with Gasteiger partial charge in [-0.1, -0.05) is 23.8 Å². The number of H-pyrrole nitrogens is 1. The minimum Gasteiger partial charge on any atom is -0.480 e. The highest BCUT2D eigenvalue weighted by Crippen LogP contribution is 2.23. The predicted molar refractivity (Wildman–Crippen MR) is 310 cm³/mol. The van der Waals surface area contributed by atoms with Crippen molar-refractivity contribution in [3.63, 3.8) is 0 Å². The normalized spacial score (nSPS) is 15.4. The zero-order valence-corrected chi connectivity index (χ0v) is 50.5. The van der Waals surface area contributed by atoms with Crippen LogP contribution in [0.2, 0.25) is 0 Å². The van der Waals surface area contributed by atoms with Gasteiger partial charge in [0.25, 0.3) is 5.91 Å². The molecule has 0 aliphatic carbocycles.